The van der Waals surface area contributed by atoms with Gasteiger partial charge in [-0.3, -0.25) is 9.30 Å². The molecule has 0 atom stereocenters. The number of thiazole rings is 1. The van der Waals surface area contributed by atoms with Crippen LogP contribution in [0, 0.1) is 4.91 Å². The van der Waals surface area contributed by atoms with Crippen molar-refractivity contribution in [1.29, 1.82) is 0 Å². The molecule has 0 saturated carbocycles. The Morgan fingerprint density at radius 1 is 1.20 bits per heavy atom. The summed E-state index contributed by atoms with van der Waals surface area (Å²) in [5.41, 5.74) is 2.62. The van der Waals surface area contributed by atoms with E-state index in [1.54, 1.807) is 28.4 Å². The normalized spacial score (nSPS) is 15.5. The highest BCUT2D eigenvalue weighted by atomic mass is 32.1. The molecule has 0 radical (unpaired) electrons. The van der Waals surface area contributed by atoms with Crippen LogP contribution in [0.25, 0.3) is 16.2 Å². The Hall–Kier alpha value is -2.78. The number of nitroso groups, excluding NO2 is 1. The van der Waals surface area contributed by atoms with E-state index in [2.05, 4.69) is 10.1 Å². The van der Waals surface area contributed by atoms with Gasteiger partial charge in [-0.05, 0) is 32.0 Å². The largest absolute Gasteiger partial charge is 0.444 e. The van der Waals surface area contributed by atoms with E-state index in [4.69, 9.17) is 9.72 Å². The molecule has 158 valence electrons. The number of hydrogen-bond acceptors (Lipinski definition) is 7. The van der Waals surface area contributed by atoms with E-state index < -0.39 is 5.60 Å². The van der Waals surface area contributed by atoms with Gasteiger partial charge in [0.2, 0.25) is 0 Å². The topological polar surface area (TPSA) is 79.5 Å². The minimum Gasteiger partial charge on any atom is -0.444 e. The fourth-order valence-corrected chi connectivity index (χ4v) is 4.41. The van der Waals surface area contributed by atoms with Crippen LogP contribution < -0.4 is 0 Å². The number of nitrogens with zero attached hydrogens (tertiary/aromatic N) is 5. The van der Waals surface area contributed by atoms with Crippen molar-refractivity contribution in [2.45, 2.75) is 32.9 Å². The quantitative estimate of drug-likeness (QED) is 0.572. The fourth-order valence-electron chi connectivity index (χ4n) is 3.51. The number of rotatable bonds is 4. The second-order valence-corrected chi connectivity index (χ2v) is 9.19. The van der Waals surface area contributed by atoms with E-state index in [0.717, 1.165) is 35.0 Å². The van der Waals surface area contributed by atoms with Gasteiger partial charge in [0.1, 0.15) is 11.3 Å². The van der Waals surface area contributed by atoms with Crippen molar-refractivity contribution >= 4 is 28.1 Å². The van der Waals surface area contributed by atoms with Crippen molar-refractivity contribution in [3.63, 3.8) is 0 Å². The maximum absolute atomic E-state index is 12.2. The van der Waals surface area contributed by atoms with Gasteiger partial charge in [0.25, 0.3) is 0 Å². The number of carbonyl (C=O) groups is 1. The molecule has 2 aromatic heterocycles. The van der Waals surface area contributed by atoms with Crippen LogP contribution in [-0.2, 0) is 11.3 Å². The number of piperazine rings is 1. The third-order valence-corrected chi connectivity index (χ3v) is 5.79. The number of aromatic nitrogens is 2. The lowest BCUT2D eigenvalue weighted by Gasteiger charge is -2.35. The van der Waals surface area contributed by atoms with Gasteiger partial charge in [0.15, 0.2) is 4.96 Å². The first-order chi connectivity index (χ1) is 14.3. The molecule has 9 heteroatoms. The average molecular weight is 428 g/mol. The molecular formula is C21H25N5O3S. The number of ether oxygens (including phenoxy) is 1. The molecule has 1 aliphatic heterocycles. The molecule has 0 bridgehead atoms. The first kappa shape index (κ1) is 20.5. The second-order valence-electron chi connectivity index (χ2n) is 8.36. The van der Waals surface area contributed by atoms with Crippen LogP contribution in [0.3, 0.4) is 0 Å². The molecule has 1 saturated heterocycles. The van der Waals surface area contributed by atoms with Crippen molar-refractivity contribution in [2.75, 3.05) is 26.2 Å². The summed E-state index contributed by atoms with van der Waals surface area (Å²) in [6, 6.07) is 7.32. The maximum atomic E-state index is 12.2. The lowest BCUT2D eigenvalue weighted by molar-refractivity contribution is 0.0138. The first-order valence-corrected chi connectivity index (χ1v) is 10.8. The Balaban J connectivity index is 1.43. The van der Waals surface area contributed by atoms with Crippen molar-refractivity contribution < 1.29 is 9.53 Å². The lowest BCUT2D eigenvalue weighted by Crippen LogP contribution is -2.49. The summed E-state index contributed by atoms with van der Waals surface area (Å²) in [7, 11) is 0. The molecular weight excluding hydrogens is 402 g/mol. The predicted octanol–water partition coefficient (Wildman–Crippen LogP) is 4.51. The molecule has 3 heterocycles. The minimum atomic E-state index is -0.480. The Morgan fingerprint density at radius 3 is 2.63 bits per heavy atom. The molecule has 1 fully saturated rings. The smallest absolute Gasteiger partial charge is 0.410 e. The van der Waals surface area contributed by atoms with Gasteiger partial charge in [-0.25, -0.2) is 9.78 Å². The van der Waals surface area contributed by atoms with E-state index in [1.807, 2.05) is 48.9 Å². The standard InChI is InChI=1S/C21H25N5O3S/c1-21(2,3)29-20(27)25-10-8-24(9-11-25)12-15-13-26-18(14-30-19(26)22-15)16-6-4-5-7-17(16)23-28/h4-7,13-14H,8-12H2,1-3H3. The highest BCUT2D eigenvalue weighted by Crippen LogP contribution is 2.33. The van der Waals surface area contributed by atoms with Gasteiger partial charge in [0, 0.05) is 49.9 Å². The van der Waals surface area contributed by atoms with Crippen LogP contribution in [0.15, 0.2) is 41.0 Å². The molecule has 30 heavy (non-hydrogen) atoms. The van der Waals surface area contributed by atoms with Crippen LogP contribution in [0.1, 0.15) is 26.5 Å². The number of hydrogen-bond donors (Lipinski definition) is 0. The zero-order valence-electron chi connectivity index (χ0n) is 17.4. The zero-order valence-corrected chi connectivity index (χ0v) is 18.2. The molecule has 3 aromatic rings. The summed E-state index contributed by atoms with van der Waals surface area (Å²) >= 11 is 1.54. The van der Waals surface area contributed by atoms with Gasteiger partial charge in [-0.15, -0.1) is 16.2 Å². The Kier molecular flexibility index (Phi) is 5.57. The van der Waals surface area contributed by atoms with E-state index >= 15 is 0 Å². The van der Waals surface area contributed by atoms with Gasteiger partial charge in [0.05, 0.1) is 11.4 Å². The van der Waals surface area contributed by atoms with Crippen LogP contribution in [0.4, 0.5) is 10.5 Å². The molecule has 0 unspecified atom stereocenters. The molecule has 0 spiro atoms. The summed E-state index contributed by atoms with van der Waals surface area (Å²) in [5, 5.41) is 5.14. The third kappa shape index (κ3) is 4.36. The van der Waals surface area contributed by atoms with Crippen LogP contribution >= 0.6 is 11.3 Å². The summed E-state index contributed by atoms with van der Waals surface area (Å²) in [5.74, 6) is 0. The molecule has 8 nitrogen and oxygen atoms in total. The molecule has 1 aromatic carbocycles. The van der Waals surface area contributed by atoms with Crippen molar-refractivity contribution in [3.05, 3.63) is 46.4 Å². The number of fused-ring (bicyclic) bond motifs is 1. The summed E-state index contributed by atoms with van der Waals surface area (Å²) in [6.07, 6.45) is 1.76. The Morgan fingerprint density at radius 2 is 1.93 bits per heavy atom. The summed E-state index contributed by atoms with van der Waals surface area (Å²) in [4.78, 5) is 33.1. The molecule has 1 aliphatic rings. The van der Waals surface area contributed by atoms with Gasteiger partial charge >= 0.3 is 6.09 Å². The third-order valence-electron chi connectivity index (χ3n) is 4.95. The van der Waals surface area contributed by atoms with E-state index in [0.29, 0.717) is 25.3 Å². The van der Waals surface area contributed by atoms with Gasteiger partial charge < -0.3 is 9.64 Å². The Bertz CT molecular complexity index is 1060. The molecule has 4 rings (SSSR count). The Labute approximate surface area is 179 Å². The van der Waals surface area contributed by atoms with E-state index in [9.17, 15) is 9.70 Å². The first-order valence-electron chi connectivity index (χ1n) is 9.92. The highest BCUT2D eigenvalue weighted by molar-refractivity contribution is 7.15. The molecule has 0 N–H and O–H groups in total. The summed E-state index contributed by atoms with van der Waals surface area (Å²) in [6.45, 7) is 9.17. The summed E-state index contributed by atoms with van der Waals surface area (Å²) < 4.78 is 7.47. The fraction of sp³-hybridized carbons (Fsp3) is 0.429. The SMILES string of the molecule is CC(C)(C)OC(=O)N1CCN(Cc2cn3c(-c4ccccc4N=O)csc3n2)CC1. The van der Waals surface area contributed by atoms with Gasteiger partial charge in [-0.2, -0.15) is 0 Å². The number of imidazole rings is 1. The highest BCUT2D eigenvalue weighted by Gasteiger charge is 2.26. The van der Waals surface area contributed by atoms with Crippen molar-refractivity contribution in [1.82, 2.24) is 19.2 Å². The monoisotopic (exact) mass is 427 g/mol. The molecule has 0 aliphatic carbocycles. The minimum absolute atomic E-state index is 0.253. The van der Waals surface area contributed by atoms with Crippen LogP contribution in [0.5, 0.6) is 0 Å². The number of carbonyl (C=O) groups excluding carboxylic acids is 1. The van der Waals surface area contributed by atoms with Crippen molar-refractivity contribution in [3.8, 4) is 11.3 Å². The zero-order chi connectivity index (χ0) is 21.3. The lowest BCUT2D eigenvalue weighted by atomic mass is 10.1. The van der Waals surface area contributed by atoms with Gasteiger partial charge in [-0.1, -0.05) is 18.2 Å². The van der Waals surface area contributed by atoms with E-state index in [-0.39, 0.29) is 6.09 Å². The number of benzene rings is 1. The number of amides is 1. The second kappa shape index (κ2) is 8.16. The van der Waals surface area contributed by atoms with Crippen molar-refractivity contribution in [2.24, 2.45) is 5.18 Å². The molecule has 1 amide bonds. The maximum Gasteiger partial charge on any atom is 0.410 e. The predicted molar refractivity (Wildman–Crippen MR) is 117 cm³/mol. The average Bonchev–Trinajstić information content (AvgIpc) is 3.27. The van der Waals surface area contributed by atoms with Crippen LogP contribution in [-0.4, -0.2) is 57.1 Å². The van der Waals surface area contributed by atoms with Crippen LogP contribution in [0.2, 0.25) is 0 Å². The van der Waals surface area contributed by atoms with E-state index in [1.165, 1.54) is 0 Å².